The van der Waals surface area contributed by atoms with Gasteiger partial charge >= 0.3 is 0 Å². The number of carbonyl (C=O) groups excluding carboxylic acids is 2. The van der Waals surface area contributed by atoms with E-state index in [9.17, 15) is 9.59 Å². The Labute approximate surface area is 189 Å². The normalized spacial score (nSPS) is 16.1. The molecule has 1 aliphatic heterocycles. The minimum atomic E-state index is -0.235. The molecule has 0 bridgehead atoms. The zero-order valence-corrected chi connectivity index (χ0v) is 19.3. The summed E-state index contributed by atoms with van der Waals surface area (Å²) in [6.45, 7) is 9.39. The molecular formula is C24H32N4O2S. The Hall–Kier alpha value is -2.35. The largest absolute Gasteiger partial charge is 0.353 e. The molecule has 0 aromatic heterocycles. The van der Waals surface area contributed by atoms with Gasteiger partial charge in [-0.3, -0.25) is 19.4 Å². The Morgan fingerprint density at radius 2 is 1.58 bits per heavy atom. The Kier molecular flexibility index (Phi) is 8.51. The fourth-order valence-electron chi connectivity index (χ4n) is 3.56. The highest BCUT2D eigenvalue weighted by molar-refractivity contribution is 7.99. The van der Waals surface area contributed by atoms with Gasteiger partial charge < -0.3 is 10.6 Å². The summed E-state index contributed by atoms with van der Waals surface area (Å²) in [6, 6.07) is 18.0. The summed E-state index contributed by atoms with van der Waals surface area (Å²) in [5, 5.41) is 6.05. The van der Waals surface area contributed by atoms with Crippen molar-refractivity contribution in [3.05, 3.63) is 54.6 Å². The lowest BCUT2D eigenvalue weighted by Gasteiger charge is -2.37. The number of nitrogens with one attached hydrogen (secondary N) is 2. The number of carbonyl (C=O) groups is 2. The van der Waals surface area contributed by atoms with Crippen LogP contribution in [0, 0.1) is 0 Å². The van der Waals surface area contributed by atoms with Crippen LogP contribution in [0.25, 0.3) is 0 Å². The molecule has 2 aromatic carbocycles. The van der Waals surface area contributed by atoms with Gasteiger partial charge in [0.2, 0.25) is 11.8 Å². The maximum Gasteiger partial charge on any atom is 0.241 e. The third-order valence-electron chi connectivity index (χ3n) is 5.27. The number of amides is 2. The van der Waals surface area contributed by atoms with Crippen LogP contribution in [0.5, 0.6) is 0 Å². The summed E-state index contributed by atoms with van der Waals surface area (Å²) >= 11 is 1.64. The maximum absolute atomic E-state index is 13.0. The molecule has 0 aliphatic carbocycles. The first-order chi connectivity index (χ1) is 14.9. The zero-order valence-electron chi connectivity index (χ0n) is 18.5. The second-order valence-corrected chi connectivity index (χ2v) is 9.23. The van der Waals surface area contributed by atoms with E-state index in [1.807, 2.05) is 63.2 Å². The molecule has 0 saturated carbocycles. The van der Waals surface area contributed by atoms with Gasteiger partial charge in [-0.2, -0.15) is 0 Å². The third kappa shape index (κ3) is 7.09. The lowest BCUT2D eigenvalue weighted by atomic mass is 10.2. The lowest BCUT2D eigenvalue weighted by molar-refractivity contribution is -0.125. The number of rotatable bonds is 8. The average molecular weight is 441 g/mol. The number of para-hydroxylation sites is 1. The van der Waals surface area contributed by atoms with Crippen LogP contribution in [0.15, 0.2) is 64.4 Å². The minimum Gasteiger partial charge on any atom is -0.353 e. The Balaban J connectivity index is 1.53. The van der Waals surface area contributed by atoms with Crippen LogP contribution in [0.2, 0.25) is 0 Å². The van der Waals surface area contributed by atoms with Crippen molar-refractivity contribution in [2.45, 2.75) is 42.6 Å². The summed E-state index contributed by atoms with van der Waals surface area (Å²) in [5.41, 5.74) is 0.831. The molecule has 2 N–H and O–H groups in total. The lowest BCUT2D eigenvalue weighted by Crippen LogP contribution is -2.54. The Morgan fingerprint density at radius 3 is 2.26 bits per heavy atom. The van der Waals surface area contributed by atoms with Crippen molar-refractivity contribution < 1.29 is 9.59 Å². The van der Waals surface area contributed by atoms with Crippen molar-refractivity contribution in [2.24, 2.45) is 0 Å². The Morgan fingerprint density at radius 1 is 0.935 bits per heavy atom. The molecule has 2 aromatic rings. The van der Waals surface area contributed by atoms with Crippen LogP contribution in [0.1, 0.15) is 20.8 Å². The van der Waals surface area contributed by atoms with E-state index < -0.39 is 0 Å². The first kappa shape index (κ1) is 23.3. The molecule has 31 heavy (non-hydrogen) atoms. The molecule has 1 atom stereocenters. The zero-order chi connectivity index (χ0) is 22.2. The van der Waals surface area contributed by atoms with E-state index in [1.165, 1.54) is 0 Å². The van der Waals surface area contributed by atoms with Crippen LogP contribution in [-0.4, -0.2) is 66.4 Å². The molecule has 3 rings (SSSR count). The molecule has 6 nitrogen and oxygen atoms in total. The predicted molar refractivity (Wildman–Crippen MR) is 126 cm³/mol. The molecule has 0 radical (unpaired) electrons. The highest BCUT2D eigenvalue weighted by Gasteiger charge is 2.26. The molecule has 166 valence electrons. The average Bonchev–Trinajstić information content (AvgIpc) is 2.75. The number of nitrogens with zero attached hydrogens (tertiary/aromatic N) is 2. The van der Waals surface area contributed by atoms with Gasteiger partial charge in [0, 0.05) is 42.0 Å². The van der Waals surface area contributed by atoms with Gasteiger partial charge in [-0.25, -0.2) is 0 Å². The number of anilines is 1. The van der Waals surface area contributed by atoms with Gasteiger partial charge in [-0.05, 0) is 45.0 Å². The fraction of sp³-hybridized carbons (Fsp3) is 0.417. The second kappa shape index (κ2) is 11.3. The molecule has 2 amide bonds. The van der Waals surface area contributed by atoms with Crippen LogP contribution in [0.3, 0.4) is 0 Å². The summed E-state index contributed by atoms with van der Waals surface area (Å²) in [6.07, 6.45) is 0. The first-order valence-corrected chi connectivity index (χ1v) is 11.6. The van der Waals surface area contributed by atoms with E-state index in [4.69, 9.17) is 0 Å². The summed E-state index contributed by atoms with van der Waals surface area (Å²) in [4.78, 5) is 31.4. The van der Waals surface area contributed by atoms with Gasteiger partial charge in [0.1, 0.15) is 0 Å². The number of hydrogen-bond donors (Lipinski definition) is 2. The van der Waals surface area contributed by atoms with Crippen molar-refractivity contribution >= 4 is 29.3 Å². The quantitative estimate of drug-likeness (QED) is 0.659. The topological polar surface area (TPSA) is 64.7 Å². The van der Waals surface area contributed by atoms with Crippen molar-refractivity contribution in [2.75, 3.05) is 38.0 Å². The van der Waals surface area contributed by atoms with Gasteiger partial charge in [0.25, 0.3) is 0 Å². The van der Waals surface area contributed by atoms with Gasteiger partial charge in [0.05, 0.1) is 18.3 Å². The Bertz CT molecular complexity index is 867. The predicted octanol–water partition coefficient (Wildman–Crippen LogP) is 3.31. The van der Waals surface area contributed by atoms with Gasteiger partial charge in [0.15, 0.2) is 0 Å². The van der Waals surface area contributed by atoms with E-state index in [0.717, 1.165) is 41.7 Å². The maximum atomic E-state index is 13.0. The van der Waals surface area contributed by atoms with E-state index in [-0.39, 0.29) is 23.9 Å². The molecule has 7 heteroatoms. The molecular weight excluding hydrogens is 408 g/mol. The molecule has 0 spiro atoms. The molecule has 1 fully saturated rings. The molecule has 1 unspecified atom stereocenters. The van der Waals surface area contributed by atoms with Crippen LogP contribution in [-0.2, 0) is 9.59 Å². The highest BCUT2D eigenvalue weighted by Crippen LogP contribution is 2.33. The van der Waals surface area contributed by atoms with Crippen molar-refractivity contribution in [3.63, 3.8) is 0 Å². The van der Waals surface area contributed by atoms with Crippen molar-refractivity contribution in [1.82, 2.24) is 15.1 Å². The summed E-state index contributed by atoms with van der Waals surface area (Å²) in [5.74, 6) is 0.0499. The number of benzene rings is 2. The minimum absolute atomic E-state index is 0.00730. The summed E-state index contributed by atoms with van der Waals surface area (Å²) in [7, 11) is 0. The fourth-order valence-corrected chi connectivity index (χ4v) is 4.48. The second-order valence-electron chi connectivity index (χ2n) is 8.11. The third-order valence-corrected chi connectivity index (χ3v) is 6.35. The van der Waals surface area contributed by atoms with Crippen molar-refractivity contribution in [1.29, 1.82) is 0 Å². The number of piperazine rings is 1. The molecule has 1 saturated heterocycles. The van der Waals surface area contributed by atoms with Crippen LogP contribution >= 0.6 is 11.8 Å². The van der Waals surface area contributed by atoms with Gasteiger partial charge in [-0.1, -0.05) is 42.1 Å². The molecule has 1 heterocycles. The molecule has 1 aliphatic rings. The summed E-state index contributed by atoms with van der Waals surface area (Å²) < 4.78 is 0. The van der Waals surface area contributed by atoms with E-state index in [0.29, 0.717) is 6.54 Å². The van der Waals surface area contributed by atoms with E-state index in [1.54, 1.807) is 11.8 Å². The van der Waals surface area contributed by atoms with E-state index in [2.05, 4.69) is 32.6 Å². The first-order valence-electron chi connectivity index (χ1n) is 10.8. The highest BCUT2D eigenvalue weighted by atomic mass is 32.2. The number of hydrogen-bond acceptors (Lipinski definition) is 5. The van der Waals surface area contributed by atoms with E-state index >= 15 is 0 Å². The monoisotopic (exact) mass is 440 g/mol. The van der Waals surface area contributed by atoms with Gasteiger partial charge in [-0.15, -0.1) is 0 Å². The van der Waals surface area contributed by atoms with Crippen molar-refractivity contribution in [3.8, 4) is 0 Å². The van der Waals surface area contributed by atoms with Crippen LogP contribution in [0.4, 0.5) is 5.69 Å². The standard InChI is InChI=1S/C24H32N4O2S/c1-18(2)25-23(29)17-27-13-15-28(16-14-27)19(3)24(30)26-21-11-7-8-12-22(21)31-20-9-5-4-6-10-20/h4-12,18-19H,13-17H2,1-3H3,(H,25,29)(H,26,30). The SMILES string of the molecule is CC(C)NC(=O)CN1CCN(C(C)C(=O)Nc2ccccc2Sc2ccccc2)CC1. The smallest absolute Gasteiger partial charge is 0.241 e. The van der Waals surface area contributed by atoms with Crippen LogP contribution < -0.4 is 10.6 Å².